The van der Waals surface area contributed by atoms with Gasteiger partial charge in [-0.25, -0.2) is 0 Å². The highest BCUT2D eigenvalue weighted by atomic mass is 16.6. The average Bonchev–Trinajstić information content (AvgIpc) is 2.50. The highest BCUT2D eigenvalue weighted by Crippen LogP contribution is 2.32. The minimum Gasteiger partial charge on any atom is -0.494 e. The molecule has 0 fully saturated rings. The SMILES string of the molecule is CCOc1ccc(NCC(CC)(CC)CO)c([N+](=O)[O-])c1. The van der Waals surface area contributed by atoms with Gasteiger partial charge in [0.05, 0.1) is 24.2 Å². The van der Waals surface area contributed by atoms with E-state index in [1.165, 1.54) is 6.07 Å². The zero-order valence-corrected chi connectivity index (χ0v) is 12.9. The number of nitrogens with one attached hydrogen (secondary N) is 1. The third-order valence-corrected chi connectivity index (χ3v) is 3.97. The van der Waals surface area contributed by atoms with E-state index in [-0.39, 0.29) is 17.7 Å². The van der Waals surface area contributed by atoms with Crippen molar-refractivity contribution in [2.75, 3.05) is 25.1 Å². The standard InChI is InChI=1S/C15H24N2O4/c1-4-15(5-2,11-18)10-16-13-8-7-12(21-6-3)9-14(13)17(19)20/h7-9,16,18H,4-6,10-11H2,1-3H3. The van der Waals surface area contributed by atoms with Crippen LogP contribution < -0.4 is 10.1 Å². The van der Waals surface area contributed by atoms with Crippen LogP contribution in [0.5, 0.6) is 5.75 Å². The molecule has 0 heterocycles. The highest BCUT2D eigenvalue weighted by Gasteiger charge is 2.26. The van der Waals surface area contributed by atoms with Gasteiger partial charge in [0, 0.05) is 12.0 Å². The van der Waals surface area contributed by atoms with Crippen molar-refractivity contribution in [2.24, 2.45) is 5.41 Å². The number of hydrogen-bond donors (Lipinski definition) is 2. The molecule has 1 aromatic carbocycles. The van der Waals surface area contributed by atoms with Crippen molar-refractivity contribution in [1.82, 2.24) is 0 Å². The molecule has 0 unspecified atom stereocenters. The smallest absolute Gasteiger partial charge is 0.296 e. The second kappa shape index (κ2) is 7.83. The van der Waals surface area contributed by atoms with Gasteiger partial charge in [-0.2, -0.15) is 0 Å². The molecule has 0 amide bonds. The lowest BCUT2D eigenvalue weighted by atomic mass is 9.83. The topological polar surface area (TPSA) is 84.6 Å². The number of hydrogen-bond acceptors (Lipinski definition) is 5. The average molecular weight is 296 g/mol. The zero-order chi connectivity index (χ0) is 15.9. The largest absolute Gasteiger partial charge is 0.494 e. The normalized spacial score (nSPS) is 11.2. The molecule has 0 aliphatic carbocycles. The van der Waals surface area contributed by atoms with Crippen LogP contribution in [-0.2, 0) is 0 Å². The summed E-state index contributed by atoms with van der Waals surface area (Å²) in [5, 5.41) is 23.8. The number of anilines is 1. The van der Waals surface area contributed by atoms with Crippen LogP contribution in [0.1, 0.15) is 33.6 Å². The minimum absolute atomic E-state index is 0.0139. The third kappa shape index (κ3) is 4.32. The van der Waals surface area contributed by atoms with Gasteiger partial charge in [-0.3, -0.25) is 10.1 Å². The molecule has 2 N–H and O–H groups in total. The molecule has 0 saturated carbocycles. The first kappa shape index (κ1) is 17.2. The van der Waals surface area contributed by atoms with Crippen LogP contribution >= 0.6 is 0 Å². The van der Waals surface area contributed by atoms with Crippen molar-refractivity contribution in [3.63, 3.8) is 0 Å². The second-order valence-corrected chi connectivity index (χ2v) is 5.09. The van der Waals surface area contributed by atoms with Gasteiger partial charge in [-0.1, -0.05) is 13.8 Å². The number of ether oxygens (including phenoxy) is 1. The van der Waals surface area contributed by atoms with Crippen LogP contribution in [0.15, 0.2) is 18.2 Å². The van der Waals surface area contributed by atoms with E-state index in [1.54, 1.807) is 12.1 Å². The molecule has 1 rings (SSSR count). The molecule has 1 aromatic rings. The number of nitro groups is 1. The van der Waals surface area contributed by atoms with Crippen molar-refractivity contribution in [1.29, 1.82) is 0 Å². The number of aliphatic hydroxyl groups is 1. The second-order valence-electron chi connectivity index (χ2n) is 5.09. The first-order valence-electron chi connectivity index (χ1n) is 7.27. The van der Waals surface area contributed by atoms with E-state index < -0.39 is 4.92 Å². The molecule has 0 bridgehead atoms. The van der Waals surface area contributed by atoms with E-state index in [2.05, 4.69) is 5.32 Å². The maximum absolute atomic E-state index is 11.2. The van der Waals surface area contributed by atoms with Crippen LogP contribution in [-0.4, -0.2) is 29.8 Å². The molecular formula is C15H24N2O4. The van der Waals surface area contributed by atoms with Gasteiger partial charge in [-0.15, -0.1) is 0 Å². The number of nitro benzene ring substituents is 1. The summed E-state index contributed by atoms with van der Waals surface area (Å²) in [6, 6.07) is 4.78. The Morgan fingerprint density at radius 1 is 1.33 bits per heavy atom. The van der Waals surface area contributed by atoms with Crippen LogP contribution in [0.2, 0.25) is 0 Å². The molecular weight excluding hydrogens is 272 g/mol. The Morgan fingerprint density at radius 3 is 2.48 bits per heavy atom. The van der Waals surface area contributed by atoms with Crippen LogP contribution in [0.3, 0.4) is 0 Å². The van der Waals surface area contributed by atoms with Crippen molar-refractivity contribution >= 4 is 11.4 Å². The van der Waals surface area contributed by atoms with Gasteiger partial charge in [-0.05, 0) is 31.9 Å². The van der Waals surface area contributed by atoms with Crippen LogP contribution in [0.25, 0.3) is 0 Å². The molecule has 0 spiro atoms. The molecule has 0 saturated heterocycles. The predicted octanol–water partition coefficient (Wildman–Crippen LogP) is 3.20. The lowest BCUT2D eigenvalue weighted by Crippen LogP contribution is -2.32. The molecule has 0 atom stereocenters. The lowest BCUT2D eigenvalue weighted by Gasteiger charge is -2.29. The van der Waals surface area contributed by atoms with E-state index in [0.29, 0.717) is 24.6 Å². The summed E-state index contributed by atoms with van der Waals surface area (Å²) in [6.07, 6.45) is 1.61. The maximum Gasteiger partial charge on any atom is 0.296 e. The number of benzene rings is 1. The number of rotatable bonds is 9. The van der Waals surface area contributed by atoms with Gasteiger partial charge in [0.2, 0.25) is 0 Å². The van der Waals surface area contributed by atoms with E-state index in [0.717, 1.165) is 12.8 Å². The summed E-state index contributed by atoms with van der Waals surface area (Å²) < 4.78 is 5.29. The fraction of sp³-hybridized carbons (Fsp3) is 0.600. The van der Waals surface area contributed by atoms with Crippen molar-refractivity contribution in [3.05, 3.63) is 28.3 Å². The molecule has 0 aromatic heterocycles. The fourth-order valence-corrected chi connectivity index (χ4v) is 2.13. The molecule has 0 radical (unpaired) electrons. The summed E-state index contributed by atoms with van der Waals surface area (Å²) in [5.41, 5.74) is 0.176. The quantitative estimate of drug-likeness (QED) is 0.540. The van der Waals surface area contributed by atoms with Crippen molar-refractivity contribution in [3.8, 4) is 5.75 Å². The van der Waals surface area contributed by atoms with E-state index in [9.17, 15) is 15.2 Å². The Labute approximate surface area is 125 Å². The minimum atomic E-state index is -0.427. The summed E-state index contributed by atoms with van der Waals surface area (Å²) in [5.74, 6) is 0.481. The Bertz CT molecular complexity index is 464. The summed E-state index contributed by atoms with van der Waals surface area (Å²) in [7, 11) is 0. The lowest BCUT2D eigenvalue weighted by molar-refractivity contribution is -0.384. The molecule has 6 nitrogen and oxygen atoms in total. The summed E-state index contributed by atoms with van der Waals surface area (Å²) >= 11 is 0. The van der Waals surface area contributed by atoms with Gasteiger partial charge < -0.3 is 15.2 Å². The van der Waals surface area contributed by atoms with Gasteiger partial charge in [0.25, 0.3) is 5.69 Å². The third-order valence-electron chi connectivity index (χ3n) is 3.97. The highest BCUT2D eigenvalue weighted by molar-refractivity contribution is 5.64. The van der Waals surface area contributed by atoms with Crippen molar-refractivity contribution in [2.45, 2.75) is 33.6 Å². The molecule has 6 heteroatoms. The Morgan fingerprint density at radius 2 is 2.00 bits per heavy atom. The molecule has 0 aliphatic heterocycles. The predicted molar refractivity (Wildman–Crippen MR) is 82.9 cm³/mol. The molecule has 21 heavy (non-hydrogen) atoms. The van der Waals surface area contributed by atoms with Gasteiger partial charge in [0.15, 0.2) is 0 Å². The van der Waals surface area contributed by atoms with E-state index in [1.807, 2.05) is 20.8 Å². The Hall–Kier alpha value is -1.82. The first-order chi connectivity index (χ1) is 10.0. The van der Waals surface area contributed by atoms with E-state index >= 15 is 0 Å². The number of aliphatic hydroxyl groups excluding tert-OH is 1. The maximum atomic E-state index is 11.2. The van der Waals surface area contributed by atoms with Crippen LogP contribution in [0.4, 0.5) is 11.4 Å². The monoisotopic (exact) mass is 296 g/mol. The molecule has 118 valence electrons. The van der Waals surface area contributed by atoms with Crippen molar-refractivity contribution < 1.29 is 14.8 Å². The fourth-order valence-electron chi connectivity index (χ4n) is 2.13. The summed E-state index contributed by atoms with van der Waals surface area (Å²) in [6.45, 7) is 6.85. The zero-order valence-electron chi connectivity index (χ0n) is 12.9. The van der Waals surface area contributed by atoms with E-state index in [4.69, 9.17) is 4.74 Å². The number of nitrogens with zero attached hydrogens (tertiary/aromatic N) is 1. The van der Waals surface area contributed by atoms with Gasteiger partial charge in [0.1, 0.15) is 11.4 Å². The van der Waals surface area contributed by atoms with Gasteiger partial charge >= 0.3 is 0 Å². The Kier molecular flexibility index (Phi) is 6.42. The Balaban J connectivity index is 2.94. The molecule has 0 aliphatic rings. The first-order valence-corrected chi connectivity index (χ1v) is 7.27. The summed E-state index contributed by atoms with van der Waals surface area (Å²) in [4.78, 5) is 10.7. The van der Waals surface area contributed by atoms with Crippen LogP contribution in [0, 0.1) is 15.5 Å².